The van der Waals surface area contributed by atoms with Crippen LogP contribution in [0, 0.1) is 0 Å². The second-order valence-corrected chi connectivity index (χ2v) is 6.62. The van der Waals surface area contributed by atoms with Crippen molar-refractivity contribution in [3.63, 3.8) is 0 Å². The molecule has 0 radical (unpaired) electrons. The Bertz CT molecular complexity index is 883. The van der Waals surface area contributed by atoms with Crippen molar-refractivity contribution in [1.29, 1.82) is 0 Å². The molecule has 0 saturated carbocycles. The second-order valence-electron chi connectivity index (χ2n) is 5.67. The van der Waals surface area contributed by atoms with Gasteiger partial charge in [-0.15, -0.1) is 11.3 Å². The second kappa shape index (κ2) is 7.53. The van der Waals surface area contributed by atoms with E-state index in [0.717, 1.165) is 15.8 Å². The summed E-state index contributed by atoms with van der Waals surface area (Å²) in [5.41, 5.74) is 2.38. The lowest BCUT2D eigenvalue weighted by Crippen LogP contribution is -2.33. The Balaban J connectivity index is 1.85. The van der Waals surface area contributed by atoms with Gasteiger partial charge in [-0.2, -0.15) is 0 Å². The number of nitrogens with zero attached hydrogens (tertiary/aromatic N) is 2. The molecule has 3 aromatic rings. The molecule has 1 aromatic carbocycles. The van der Waals surface area contributed by atoms with E-state index >= 15 is 0 Å². The molecule has 0 N–H and O–H groups in total. The molecule has 0 atom stereocenters. The summed E-state index contributed by atoms with van der Waals surface area (Å²) in [5.74, 6) is -0.456. The number of benzene rings is 1. The van der Waals surface area contributed by atoms with E-state index in [4.69, 9.17) is 4.74 Å². The zero-order valence-electron chi connectivity index (χ0n) is 14.3. The Labute approximate surface area is 150 Å². The monoisotopic (exact) mass is 356 g/mol. The maximum Gasteiger partial charge on any atom is 0.354 e. The summed E-state index contributed by atoms with van der Waals surface area (Å²) in [5, 5.41) is 1.95. The number of thiophene rings is 1. The fourth-order valence-corrected chi connectivity index (χ4v) is 3.66. The number of esters is 1. The maximum absolute atomic E-state index is 12.8. The molecule has 0 spiro atoms. The summed E-state index contributed by atoms with van der Waals surface area (Å²) in [6, 6.07) is 13.6. The molecular weight excluding hydrogens is 336 g/mol. The lowest BCUT2D eigenvalue weighted by atomic mass is 10.2. The number of carbonyl (C=O) groups is 2. The standard InChI is InChI=1S/C19H20N2O3S/c1-3-20(12-14-7-5-4-6-8-14)18(22)13-21-15-9-10-25-17(15)11-16(21)19(23)24-2/h4-11H,3,12-13H2,1-2H3. The molecule has 0 aliphatic heterocycles. The third-order valence-corrected chi connectivity index (χ3v) is 5.01. The highest BCUT2D eigenvalue weighted by atomic mass is 32.1. The summed E-state index contributed by atoms with van der Waals surface area (Å²) in [4.78, 5) is 26.7. The van der Waals surface area contributed by atoms with Crippen LogP contribution in [0.15, 0.2) is 47.8 Å². The molecule has 1 amide bonds. The molecule has 5 nitrogen and oxygen atoms in total. The highest BCUT2D eigenvalue weighted by Crippen LogP contribution is 2.26. The SMILES string of the molecule is CCN(Cc1ccccc1)C(=O)Cn1c(C(=O)OC)cc2sccc21. The Morgan fingerprint density at radius 2 is 1.96 bits per heavy atom. The number of rotatable bonds is 6. The van der Waals surface area contributed by atoms with E-state index < -0.39 is 5.97 Å². The van der Waals surface area contributed by atoms with Crippen molar-refractivity contribution in [3.8, 4) is 0 Å². The summed E-state index contributed by atoms with van der Waals surface area (Å²) in [7, 11) is 1.35. The van der Waals surface area contributed by atoms with E-state index in [1.54, 1.807) is 26.9 Å². The van der Waals surface area contributed by atoms with Crippen LogP contribution in [0.3, 0.4) is 0 Å². The van der Waals surface area contributed by atoms with Crippen LogP contribution in [0.25, 0.3) is 10.2 Å². The quantitative estimate of drug-likeness (QED) is 0.635. The zero-order chi connectivity index (χ0) is 17.8. The van der Waals surface area contributed by atoms with Crippen LogP contribution in [-0.4, -0.2) is 35.0 Å². The molecule has 2 aromatic heterocycles. The normalized spacial score (nSPS) is 10.8. The Morgan fingerprint density at radius 1 is 1.20 bits per heavy atom. The van der Waals surface area contributed by atoms with E-state index in [2.05, 4.69) is 0 Å². The highest BCUT2D eigenvalue weighted by Gasteiger charge is 2.21. The Hall–Kier alpha value is -2.60. The van der Waals surface area contributed by atoms with Crippen molar-refractivity contribution in [3.05, 3.63) is 59.1 Å². The molecule has 25 heavy (non-hydrogen) atoms. The van der Waals surface area contributed by atoms with E-state index in [0.29, 0.717) is 18.8 Å². The summed E-state index contributed by atoms with van der Waals surface area (Å²) < 4.78 is 7.58. The number of fused-ring (bicyclic) bond motifs is 1. The van der Waals surface area contributed by atoms with Crippen LogP contribution in [0.2, 0.25) is 0 Å². The van der Waals surface area contributed by atoms with Gasteiger partial charge in [0.25, 0.3) is 0 Å². The van der Waals surface area contributed by atoms with Crippen molar-refractivity contribution in [1.82, 2.24) is 9.47 Å². The van der Waals surface area contributed by atoms with Crippen LogP contribution in [0.4, 0.5) is 0 Å². The number of amides is 1. The molecule has 0 unspecified atom stereocenters. The topological polar surface area (TPSA) is 51.5 Å². The first-order chi connectivity index (χ1) is 12.1. The largest absolute Gasteiger partial charge is 0.464 e. The van der Waals surface area contributed by atoms with Crippen molar-refractivity contribution >= 4 is 33.4 Å². The van der Waals surface area contributed by atoms with E-state index in [-0.39, 0.29) is 12.5 Å². The first-order valence-corrected chi connectivity index (χ1v) is 8.98. The first-order valence-electron chi connectivity index (χ1n) is 8.10. The summed E-state index contributed by atoms with van der Waals surface area (Å²) in [6.45, 7) is 3.23. The lowest BCUT2D eigenvalue weighted by Gasteiger charge is -2.22. The minimum atomic E-state index is -0.428. The van der Waals surface area contributed by atoms with Gasteiger partial charge in [-0.1, -0.05) is 30.3 Å². The van der Waals surface area contributed by atoms with Crippen molar-refractivity contribution in [2.24, 2.45) is 0 Å². The number of ether oxygens (including phenoxy) is 1. The van der Waals surface area contributed by atoms with Crippen molar-refractivity contribution in [2.75, 3.05) is 13.7 Å². The van der Waals surface area contributed by atoms with Gasteiger partial charge in [0.1, 0.15) is 12.2 Å². The van der Waals surface area contributed by atoms with Gasteiger partial charge >= 0.3 is 5.97 Å². The molecule has 0 aliphatic rings. The molecule has 0 bridgehead atoms. The van der Waals surface area contributed by atoms with Gasteiger partial charge < -0.3 is 14.2 Å². The van der Waals surface area contributed by atoms with Gasteiger partial charge in [-0.3, -0.25) is 4.79 Å². The minimum absolute atomic E-state index is 0.0276. The number of aromatic nitrogens is 1. The first kappa shape index (κ1) is 17.2. The predicted octanol–water partition coefficient (Wildman–Crippen LogP) is 3.54. The molecule has 0 saturated heterocycles. The van der Waals surface area contributed by atoms with Gasteiger partial charge in [0.2, 0.25) is 5.91 Å². The maximum atomic E-state index is 12.8. The number of hydrogen-bond donors (Lipinski definition) is 0. The highest BCUT2D eigenvalue weighted by molar-refractivity contribution is 7.17. The van der Waals surface area contributed by atoms with E-state index in [9.17, 15) is 9.59 Å². The third-order valence-electron chi connectivity index (χ3n) is 4.16. The van der Waals surface area contributed by atoms with Crippen LogP contribution < -0.4 is 0 Å². The molecule has 6 heteroatoms. The van der Waals surface area contributed by atoms with Gasteiger partial charge in [0.15, 0.2) is 0 Å². The van der Waals surface area contributed by atoms with Crippen LogP contribution in [-0.2, 0) is 22.6 Å². The molecule has 0 aliphatic carbocycles. The fourth-order valence-electron chi connectivity index (χ4n) is 2.84. The van der Waals surface area contributed by atoms with Crippen LogP contribution in [0.5, 0.6) is 0 Å². The number of methoxy groups -OCH3 is 1. The number of likely N-dealkylation sites (N-methyl/N-ethyl adjacent to an activating group) is 1. The number of hydrogen-bond acceptors (Lipinski definition) is 4. The summed E-state index contributed by atoms with van der Waals surface area (Å²) in [6.07, 6.45) is 0. The van der Waals surface area contributed by atoms with Gasteiger partial charge in [-0.25, -0.2) is 4.79 Å². The Kier molecular flexibility index (Phi) is 5.19. The minimum Gasteiger partial charge on any atom is -0.464 e. The number of carbonyl (C=O) groups excluding carboxylic acids is 2. The molecule has 2 heterocycles. The molecule has 0 fully saturated rings. The van der Waals surface area contributed by atoms with Gasteiger partial charge in [-0.05, 0) is 30.0 Å². The van der Waals surface area contributed by atoms with Crippen LogP contribution >= 0.6 is 11.3 Å². The Morgan fingerprint density at radius 3 is 2.64 bits per heavy atom. The summed E-state index contributed by atoms with van der Waals surface area (Å²) >= 11 is 1.54. The lowest BCUT2D eigenvalue weighted by molar-refractivity contribution is -0.132. The van der Waals surface area contributed by atoms with Crippen molar-refractivity contribution < 1.29 is 14.3 Å². The van der Waals surface area contributed by atoms with Crippen LogP contribution in [0.1, 0.15) is 23.0 Å². The van der Waals surface area contributed by atoms with E-state index in [1.165, 1.54) is 7.11 Å². The van der Waals surface area contributed by atoms with Gasteiger partial charge in [0, 0.05) is 13.1 Å². The molecular formula is C19H20N2O3S. The third kappa shape index (κ3) is 3.58. The van der Waals surface area contributed by atoms with E-state index in [1.807, 2.05) is 48.7 Å². The van der Waals surface area contributed by atoms with Crippen molar-refractivity contribution in [2.45, 2.75) is 20.0 Å². The smallest absolute Gasteiger partial charge is 0.354 e. The zero-order valence-corrected chi connectivity index (χ0v) is 15.1. The predicted molar refractivity (Wildman–Crippen MR) is 98.7 cm³/mol. The molecule has 130 valence electrons. The average Bonchev–Trinajstić information content (AvgIpc) is 3.22. The average molecular weight is 356 g/mol. The van der Waals surface area contributed by atoms with Gasteiger partial charge in [0.05, 0.1) is 17.3 Å². The molecule has 3 rings (SSSR count). The fraction of sp³-hybridized carbons (Fsp3) is 0.263.